The molecule has 130 valence electrons. The molecule has 0 fully saturated rings. The van der Waals surface area contributed by atoms with Gasteiger partial charge in [-0.1, -0.05) is 14.9 Å². The van der Waals surface area contributed by atoms with Gasteiger partial charge in [-0.3, -0.25) is 14.5 Å². The van der Waals surface area contributed by atoms with E-state index in [0.29, 0.717) is 0 Å². The average molecular weight is 478 g/mol. The van der Waals surface area contributed by atoms with E-state index in [2.05, 4.69) is 5.32 Å². The summed E-state index contributed by atoms with van der Waals surface area (Å²) in [4.78, 5) is 41.4. The van der Waals surface area contributed by atoms with E-state index in [-0.39, 0.29) is 99.5 Å². The summed E-state index contributed by atoms with van der Waals surface area (Å²) in [5.74, 6) is -1.32. The minimum atomic E-state index is -0.437. The second-order valence-corrected chi connectivity index (χ2v) is 2.75. The fourth-order valence-electron chi connectivity index (χ4n) is 0.443. The van der Waals surface area contributed by atoms with Crippen LogP contribution in [0.4, 0.5) is 9.15 Å². The first-order valence-corrected chi connectivity index (χ1v) is 4.30. The Balaban J connectivity index is -0.0000000222. The van der Waals surface area contributed by atoms with Crippen molar-refractivity contribution in [1.82, 2.24) is 4.90 Å². The van der Waals surface area contributed by atoms with Crippen molar-refractivity contribution in [2.75, 3.05) is 7.05 Å². The monoisotopic (exact) mass is 478 g/mol. The molecule has 0 atom stereocenters. The van der Waals surface area contributed by atoms with Gasteiger partial charge in [0.2, 0.25) is 11.8 Å². The molecule has 10 heteroatoms. The smallest absolute Gasteiger partial charge is 0.225 e. The first kappa shape index (κ1) is 49.5. The van der Waals surface area contributed by atoms with Crippen LogP contribution in [0, 0.1) is 7.43 Å². The van der Waals surface area contributed by atoms with Gasteiger partial charge in [-0.15, -0.1) is 0 Å². The zero-order valence-corrected chi connectivity index (χ0v) is 18.1. The molecule has 0 aromatic heterocycles. The van der Waals surface area contributed by atoms with Gasteiger partial charge in [0.15, 0.2) is 0 Å². The van der Waals surface area contributed by atoms with E-state index in [1.807, 2.05) is 0 Å². The van der Waals surface area contributed by atoms with Gasteiger partial charge in [0.05, 0.1) is 11.8 Å². The molecule has 0 saturated carbocycles. The third-order valence-electron chi connectivity index (χ3n) is 1.26. The maximum Gasteiger partial charge on any atom is 0.225 e. The number of halogens is 2. The Morgan fingerprint density at radius 3 is 0.955 bits per heavy atom. The Morgan fingerprint density at radius 2 is 0.955 bits per heavy atom. The maximum atomic E-state index is 10.3. The molecule has 0 heterocycles. The number of imide groups is 2. The van der Waals surface area contributed by atoms with Crippen molar-refractivity contribution >= 4 is 23.6 Å². The van der Waals surface area contributed by atoms with Crippen LogP contribution in [-0.4, -0.2) is 35.6 Å². The minimum absolute atomic E-state index is 0. The summed E-state index contributed by atoms with van der Waals surface area (Å²) in [6.45, 7) is 5.17. The number of amides is 4. The molecule has 0 unspecified atom stereocenters. The van der Waals surface area contributed by atoms with Crippen molar-refractivity contribution in [1.29, 1.82) is 0 Å². The van der Waals surface area contributed by atoms with Crippen LogP contribution in [0.15, 0.2) is 0 Å². The fourth-order valence-corrected chi connectivity index (χ4v) is 0.443. The molecule has 0 rings (SSSR count). The number of carbonyl (C=O) groups is 4. The molecular weight excluding hydrogens is 452 g/mol. The van der Waals surface area contributed by atoms with Crippen molar-refractivity contribution in [3.63, 3.8) is 0 Å². The van der Waals surface area contributed by atoms with Crippen LogP contribution in [0.2, 0.25) is 0 Å². The largest absolute Gasteiger partial charge is 0.596 e. The summed E-state index contributed by atoms with van der Waals surface area (Å²) in [5.41, 5.74) is 0. The Bertz CT molecular complexity index is 268. The Labute approximate surface area is 183 Å². The third-order valence-corrected chi connectivity index (χ3v) is 1.26. The normalized spacial score (nSPS) is 5.77. The third kappa shape index (κ3) is 50.0. The van der Waals surface area contributed by atoms with E-state index in [1.165, 1.54) is 34.7 Å². The summed E-state index contributed by atoms with van der Waals surface area (Å²) in [5, 5.41) is 3.00. The molecule has 0 saturated heterocycles. The summed E-state index contributed by atoms with van der Waals surface area (Å²) < 4.78 is 16.0. The molecule has 0 aliphatic rings. The van der Waals surface area contributed by atoms with Gasteiger partial charge in [-0.05, 0) is 13.8 Å². The van der Waals surface area contributed by atoms with Crippen LogP contribution >= 0.6 is 0 Å². The van der Waals surface area contributed by atoms with E-state index >= 15 is 0 Å². The number of hydrogen-bond donors (Lipinski definition) is 0. The zero-order valence-electron chi connectivity index (χ0n) is 12.4. The molecule has 0 aliphatic heterocycles. The van der Waals surface area contributed by atoms with Gasteiger partial charge >= 0.3 is 0 Å². The summed E-state index contributed by atoms with van der Waals surface area (Å²) in [6.07, 6.45) is 0. The van der Waals surface area contributed by atoms with Crippen LogP contribution in [-0.2, 0) is 84.6 Å². The van der Waals surface area contributed by atoms with Gasteiger partial charge < -0.3 is 22.3 Å². The molecule has 0 spiro atoms. The molecule has 22 heavy (non-hydrogen) atoms. The number of carbonyl (C=O) groups excluding carboxylic acids is 4. The van der Waals surface area contributed by atoms with E-state index in [1.54, 1.807) is 0 Å². The quantitative estimate of drug-likeness (QED) is 0.502. The van der Waals surface area contributed by atoms with Gasteiger partial charge in [-0.2, -0.15) is 0 Å². The Kier molecular flexibility index (Phi) is 74.4. The molecule has 0 bridgehead atoms. The molecule has 6 nitrogen and oxygen atoms in total. The van der Waals surface area contributed by atoms with Crippen LogP contribution in [0.3, 0.4) is 0 Å². The zero-order chi connectivity index (χ0) is 14.6. The van der Waals surface area contributed by atoms with Crippen LogP contribution in [0.5, 0.6) is 0 Å². The van der Waals surface area contributed by atoms with Crippen LogP contribution < -0.4 is 0 Å². The van der Waals surface area contributed by atoms with Crippen molar-refractivity contribution < 1.29 is 93.7 Å². The number of rotatable bonds is 0. The first-order chi connectivity index (χ1) is 7.68. The van der Waals surface area contributed by atoms with Crippen molar-refractivity contribution in [3.8, 4) is 0 Å². The summed E-state index contributed by atoms with van der Waals surface area (Å²) in [7, 11) is 1.45. The molecule has 0 aliphatic carbocycles. The van der Waals surface area contributed by atoms with Gasteiger partial charge in [0, 0.05) is 95.5 Å². The summed E-state index contributed by atoms with van der Waals surface area (Å²) in [6, 6.07) is 0. The van der Waals surface area contributed by atoms with Gasteiger partial charge in [-0.25, -0.2) is 0 Å². The predicted octanol–water partition coefficient (Wildman–Crippen LogP) is 3.02. The van der Waals surface area contributed by atoms with Crippen molar-refractivity contribution in [3.05, 3.63) is 12.7 Å². The predicted molar refractivity (Wildman–Crippen MR) is 75.9 cm³/mol. The van der Waals surface area contributed by atoms with E-state index in [4.69, 9.17) is 9.15 Å². The second kappa shape index (κ2) is 33.1. The van der Waals surface area contributed by atoms with Gasteiger partial charge in [0.25, 0.3) is 0 Å². The Morgan fingerprint density at radius 1 is 0.773 bits per heavy atom. The number of hydrogen-bond acceptors (Lipinski definition) is 4. The van der Waals surface area contributed by atoms with Crippen molar-refractivity contribution in [2.45, 2.75) is 42.5 Å². The minimum Gasteiger partial charge on any atom is -0.596 e. The maximum absolute atomic E-state index is 10.3. The van der Waals surface area contributed by atoms with E-state index in [0.717, 1.165) is 4.90 Å². The SMILES string of the molecule is C.C.CC(=O)N(C)C(C)=O.CC(=O)[N-]C(C)=O.FF.[CH3-].[Y].[Y]. The molecule has 0 aromatic rings. The average Bonchev–Trinajstić information content (AvgIpc) is 2.18. The summed E-state index contributed by atoms with van der Waals surface area (Å²) >= 11 is 0. The Hall–Kier alpha value is 0.348. The fraction of sp³-hybridized carbons (Fsp3) is 0.583. The van der Waals surface area contributed by atoms with E-state index in [9.17, 15) is 19.2 Å². The molecule has 0 aromatic carbocycles. The topological polar surface area (TPSA) is 85.6 Å². The molecule has 0 N–H and O–H groups in total. The molecule has 4 amide bonds. The number of nitrogens with zero attached hydrogens (tertiary/aromatic N) is 2. The van der Waals surface area contributed by atoms with E-state index < -0.39 is 11.8 Å². The first-order valence-electron chi connectivity index (χ1n) is 4.30. The molecular formula is C12H26F2N2O4Y2-2. The van der Waals surface area contributed by atoms with Gasteiger partial charge in [0.1, 0.15) is 0 Å². The van der Waals surface area contributed by atoms with Crippen LogP contribution in [0.1, 0.15) is 42.5 Å². The van der Waals surface area contributed by atoms with Crippen molar-refractivity contribution in [2.24, 2.45) is 0 Å². The molecule has 2 radical (unpaired) electrons. The van der Waals surface area contributed by atoms with Crippen LogP contribution in [0.25, 0.3) is 5.32 Å². The second-order valence-electron chi connectivity index (χ2n) is 2.75. The standard InChI is InChI=1S/C5H9NO2.C4H7NO2.2CH4.CH3.F2.2Y/c1-4(7)6(3)5(2)8;1-3(6)5-4(2)7;;;;1-2;;/h1-3H3;1-2H3,(H,5,6,7);2*1H4;1H3;;;/q;;;;-1;;;/p-1.